The van der Waals surface area contributed by atoms with Gasteiger partial charge in [0, 0.05) is 23.0 Å². The van der Waals surface area contributed by atoms with Crippen molar-refractivity contribution in [1.29, 1.82) is 0 Å². The van der Waals surface area contributed by atoms with E-state index in [0.717, 1.165) is 47.2 Å². The molecule has 0 bridgehead atoms. The lowest BCUT2D eigenvalue weighted by molar-refractivity contribution is 0.0454. The number of hydrogen-bond donors (Lipinski definition) is 1. The van der Waals surface area contributed by atoms with E-state index in [1.54, 1.807) is 0 Å². The third kappa shape index (κ3) is 4.08. The lowest BCUT2D eigenvalue weighted by atomic mass is 9.88. The Morgan fingerprint density at radius 2 is 1.48 bits per heavy atom. The minimum atomic E-state index is 0.139. The molecule has 0 unspecified atom stereocenters. The second-order valence-electron chi connectivity index (χ2n) is 9.06. The van der Waals surface area contributed by atoms with E-state index in [1.165, 1.54) is 49.9 Å². The molecule has 1 amide bonds. The van der Waals surface area contributed by atoms with Gasteiger partial charge in [0.15, 0.2) is 0 Å². The Labute approximate surface area is 188 Å². The highest BCUT2D eigenvalue weighted by atomic mass is 32.1. The van der Waals surface area contributed by atoms with Gasteiger partial charge >= 0.3 is 0 Å². The van der Waals surface area contributed by atoms with Gasteiger partial charge in [-0.3, -0.25) is 4.79 Å². The van der Waals surface area contributed by atoms with E-state index in [0.29, 0.717) is 22.6 Å². The molecule has 2 saturated carbocycles. The van der Waals surface area contributed by atoms with Crippen LogP contribution in [0.5, 0.6) is 0 Å². The highest BCUT2D eigenvalue weighted by Gasteiger charge is 2.35. The summed E-state index contributed by atoms with van der Waals surface area (Å²) < 4.78 is 0. The van der Waals surface area contributed by atoms with Crippen molar-refractivity contribution in [3.63, 3.8) is 0 Å². The Kier molecular flexibility index (Phi) is 5.95. The molecule has 0 saturated heterocycles. The molecule has 1 aromatic carbocycles. The summed E-state index contributed by atoms with van der Waals surface area (Å²) >= 11 is 1.47. The van der Waals surface area contributed by atoms with Gasteiger partial charge in [-0.05, 0) is 37.8 Å². The molecule has 162 valence electrons. The molecule has 2 heterocycles. The maximum absolute atomic E-state index is 13.9. The van der Waals surface area contributed by atoms with Crippen LogP contribution in [0.2, 0.25) is 0 Å². The van der Waals surface area contributed by atoms with Gasteiger partial charge in [-0.25, -0.2) is 4.98 Å². The molecule has 3 aromatic rings. The van der Waals surface area contributed by atoms with Gasteiger partial charge in [-0.2, -0.15) is 0 Å². The van der Waals surface area contributed by atoms with E-state index < -0.39 is 0 Å². The quantitative estimate of drug-likeness (QED) is 0.501. The summed E-state index contributed by atoms with van der Waals surface area (Å²) in [5, 5.41) is 0.903. The number of aromatic nitrogens is 1. The van der Waals surface area contributed by atoms with Crippen molar-refractivity contribution >= 4 is 33.1 Å². The SMILES string of the molecule is Nc1c(C(=O)N(C2CCCCC2)C2CCCCC2)sc2nc(-c3ccccc3)ccc12. The van der Waals surface area contributed by atoms with Crippen molar-refractivity contribution in [3.8, 4) is 11.3 Å². The van der Waals surface area contributed by atoms with Crippen molar-refractivity contribution < 1.29 is 4.79 Å². The first-order chi connectivity index (χ1) is 15.2. The van der Waals surface area contributed by atoms with Gasteiger partial charge < -0.3 is 10.6 Å². The standard InChI is InChI=1S/C26H31N3OS/c27-23-21-16-17-22(18-10-4-1-5-11-18)28-25(21)31-24(23)26(30)29(19-12-6-2-7-13-19)20-14-8-3-9-15-20/h1,4-5,10-11,16-17,19-20H,2-3,6-9,12-15,27H2. The van der Waals surface area contributed by atoms with Crippen molar-refractivity contribution in [1.82, 2.24) is 9.88 Å². The van der Waals surface area contributed by atoms with Crippen molar-refractivity contribution in [2.75, 3.05) is 5.73 Å². The molecule has 4 nitrogen and oxygen atoms in total. The number of benzene rings is 1. The summed E-state index contributed by atoms with van der Waals surface area (Å²) in [5.41, 5.74) is 9.15. The van der Waals surface area contributed by atoms with Crippen LogP contribution in [0.3, 0.4) is 0 Å². The number of carbonyl (C=O) groups is 1. The number of rotatable bonds is 4. The highest BCUT2D eigenvalue weighted by Crippen LogP contribution is 2.38. The number of thiophene rings is 1. The van der Waals surface area contributed by atoms with E-state index in [2.05, 4.69) is 17.0 Å². The average Bonchev–Trinajstić information content (AvgIpc) is 3.17. The van der Waals surface area contributed by atoms with Crippen LogP contribution < -0.4 is 5.73 Å². The maximum Gasteiger partial charge on any atom is 0.266 e. The van der Waals surface area contributed by atoms with Gasteiger partial charge in [0.1, 0.15) is 9.71 Å². The van der Waals surface area contributed by atoms with Gasteiger partial charge in [0.25, 0.3) is 5.91 Å². The Morgan fingerprint density at radius 1 is 0.871 bits per heavy atom. The normalized spacial score (nSPS) is 18.3. The summed E-state index contributed by atoms with van der Waals surface area (Å²) in [7, 11) is 0. The number of carbonyl (C=O) groups excluding carboxylic acids is 1. The molecule has 0 radical (unpaired) electrons. The monoisotopic (exact) mass is 433 g/mol. The van der Waals surface area contributed by atoms with Crippen LogP contribution in [0.25, 0.3) is 21.5 Å². The fourth-order valence-electron chi connectivity index (χ4n) is 5.39. The number of nitrogens with two attached hydrogens (primary N) is 1. The first-order valence-corrected chi connectivity index (χ1v) is 12.6. The topological polar surface area (TPSA) is 59.2 Å². The molecule has 0 aliphatic heterocycles. The molecule has 2 aromatic heterocycles. The first-order valence-electron chi connectivity index (χ1n) is 11.8. The molecule has 2 aliphatic carbocycles. The minimum absolute atomic E-state index is 0.139. The van der Waals surface area contributed by atoms with Crippen LogP contribution in [0.1, 0.15) is 73.9 Å². The highest BCUT2D eigenvalue weighted by molar-refractivity contribution is 7.21. The second-order valence-corrected chi connectivity index (χ2v) is 10.1. The van der Waals surface area contributed by atoms with Gasteiger partial charge in [0.2, 0.25) is 0 Å². The lowest BCUT2D eigenvalue weighted by Crippen LogP contribution is -2.48. The van der Waals surface area contributed by atoms with Crippen LogP contribution in [-0.2, 0) is 0 Å². The first kappa shape index (κ1) is 20.5. The third-order valence-corrected chi connectivity index (χ3v) is 8.13. The molecule has 2 N–H and O–H groups in total. The average molecular weight is 434 g/mol. The van der Waals surface area contributed by atoms with Gasteiger partial charge in [-0.1, -0.05) is 68.9 Å². The van der Waals surface area contributed by atoms with E-state index in [-0.39, 0.29) is 5.91 Å². The van der Waals surface area contributed by atoms with E-state index in [1.807, 2.05) is 30.3 Å². The third-order valence-electron chi connectivity index (χ3n) is 7.03. The van der Waals surface area contributed by atoms with Gasteiger partial charge in [0.05, 0.1) is 11.4 Å². The van der Waals surface area contributed by atoms with Crippen molar-refractivity contribution in [3.05, 3.63) is 47.3 Å². The molecule has 5 rings (SSSR count). The molecule has 2 fully saturated rings. The number of hydrogen-bond acceptors (Lipinski definition) is 4. The maximum atomic E-state index is 13.9. The largest absolute Gasteiger partial charge is 0.397 e. The summed E-state index contributed by atoms with van der Waals surface area (Å²) in [6, 6.07) is 14.9. The second kappa shape index (κ2) is 8.99. The van der Waals surface area contributed by atoms with Crippen LogP contribution in [0.4, 0.5) is 5.69 Å². The predicted molar refractivity (Wildman–Crippen MR) is 129 cm³/mol. The number of amides is 1. The molecule has 2 aliphatic rings. The Bertz CT molecular complexity index is 1030. The lowest BCUT2D eigenvalue weighted by Gasteiger charge is -2.41. The van der Waals surface area contributed by atoms with E-state index in [9.17, 15) is 4.79 Å². The van der Waals surface area contributed by atoms with Crippen LogP contribution in [0.15, 0.2) is 42.5 Å². The summed E-state index contributed by atoms with van der Waals surface area (Å²) in [5.74, 6) is 0.139. The smallest absolute Gasteiger partial charge is 0.266 e. The zero-order chi connectivity index (χ0) is 21.2. The Morgan fingerprint density at radius 3 is 2.10 bits per heavy atom. The summed E-state index contributed by atoms with van der Waals surface area (Å²) in [4.78, 5) is 22.6. The number of anilines is 1. The van der Waals surface area contributed by atoms with Crippen LogP contribution in [0, 0.1) is 0 Å². The molecular weight excluding hydrogens is 402 g/mol. The van der Waals surface area contributed by atoms with E-state index >= 15 is 0 Å². The molecule has 31 heavy (non-hydrogen) atoms. The van der Waals surface area contributed by atoms with Crippen LogP contribution >= 0.6 is 11.3 Å². The molecule has 0 spiro atoms. The Balaban J connectivity index is 1.51. The van der Waals surface area contributed by atoms with Crippen molar-refractivity contribution in [2.24, 2.45) is 0 Å². The van der Waals surface area contributed by atoms with Gasteiger partial charge in [-0.15, -0.1) is 11.3 Å². The number of nitrogens with zero attached hydrogens (tertiary/aromatic N) is 2. The molecular formula is C26H31N3OS. The minimum Gasteiger partial charge on any atom is -0.397 e. The van der Waals surface area contributed by atoms with Crippen molar-refractivity contribution in [2.45, 2.75) is 76.3 Å². The summed E-state index contributed by atoms with van der Waals surface area (Å²) in [6.45, 7) is 0. The van der Waals surface area contributed by atoms with E-state index in [4.69, 9.17) is 10.7 Å². The fraction of sp³-hybridized carbons (Fsp3) is 0.462. The molecule has 0 atom stereocenters. The molecule has 5 heteroatoms. The number of fused-ring (bicyclic) bond motifs is 1. The number of pyridine rings is 1. The number of nitrogen functional groups attached to an aromatic ring is 1. The Hall–Kier alpha value is -2.40. The zero-order valence-corrected chi connectivity index (χ0v) is 18.9. The summed E-state index contributed by atoms with van der Waals surface area (Å²) in [6.07, 6.45) is 12.0. The zero-order valence-electron chi connectivity index (χ0n) is 18.1. The fourth-order valence-corrected chi connectivity index (χ4v) is 6.43. The predicted octanol–water partition coefficient (Wildman–Crippen LogP) is 6.65. The van der Waals surface area contributed by atoms with Crippen LogP contribution in [-0.4, -0.2) is 27.9 Å².